The standard InChI is InChI=1S/C14H16O/c1-14(2)8-11-10(7-13(11)15)9-5-3-4-6-12(9)14/h3-6,10-11H,7-8H2,1-2H3. The lowest BCUT2D eigenvalue weighted by molar-refractivity contribution is -0.132. The average molecular weight is 200 g/mol. The molecule has 2 aliphatic rings. The van der Waals surface area contributed by atoms with Crippen LogP contribution in [-0.2, 0) is 10.2 Å². The lowest BCUT2D eigenvalue weighted by Gasteiger charge is -2.47. The molecule has 1 saturated carbocycles. The minimum absolute atomic E-state index is 0.174. The van der Waals surface area contributed by atoms with E-state index in [0.29, 0.717) is 17.6 Å². The highest BCUT2D eigenvalue weighted by molar-refractivity contribution is 5.90. The Labute approximate surface area is 90.5 Å². The van der Waals surface area contributed by atoms with Crippen molar-refractivity contribution < 1.29 is 4.79 Å². The van der Waals surface area contributed by atoms with E-state index in [1.807, 2.05) is 0 Å². The van der Waals surface area contributed by atoms with Crippen LogP contribution in [0.2, 0.25) is 0 Å². The largest absolute Gasteiger partial charge is 0.299 e. The molecule has 0 spiro atoms. The van der Waals surface area contributed by atoms with Gasteiger partial charge < -0.3 is 0 Å². The van der Waals surface area contributed by atoms with Gasteiger partial charge in [-0.25, -0.2) is 0 Å². The fourth-order valence-corrected chi connectivity index (χ4v) is 3.25. The molecular weight excluding hydrogens is 184 g/mol. The number of rotatable bonds is 0. The molecule has 0 aliphatic heterocycles. The Balaban J connectivity index is 2.15. The maximum absolute atomic E-state index is 11.6. The van der Waals surface area contributed by atoms with Gasteiger partial charge in [0, 0.05) is 18.3 Å². The van der Waals surface area contributed by atoms with Crippen LogP contribution >= 0.6 is 0 Å². The Morgan fingerprint density at radius 2 is 1.93 bits per heavy atom. The monoisotopic (exact) mass is 200 g/mol. The minimum atomic E-state index is 0.174. The van der Waals surface area contributed by atoms with Crippen molar-refractivity contribution in [2.24, 2.45) is 5.92 Å². The van der Waals surface area contributed by atoms with Crippen molar-refractivity contribution in [3.63, 3.8) is 0 Å². The van der Waals surface area contributed by atoms with Crippen molar-refractivity contribution in [2.75, 3.05) is 0 Å². The molecule has 0 radical (unpaired) electrons. The third-order valence-electron chi connectivity index (χ3n) is 4.14. The van der Waals surface area contributed by atoms with Gasteiger partial charge in [-0.3, -0.25) is 4.79 Å². The number of hydrogen-bond donors (Lipinski definition) is 0. The molecule has 1 aromatic rings. The Hall–Kier alpha value is -1.11. The van der Waals surface area contributed by atoms with Crippen LogP contribution in [0.25, 0.3) is 0 Å². The van der Waals surface area contributed by atoms with Crippen LogP contribution in [0, 0.1) is 5.92 Å². The van der Waals surface area contributed by atoms with Gasteiger partial charge in [0.1, 0.15) is 5.78 Å². The van der Waals surface area contributed by atoms with Crippen LogP contribution < -0.4 is 0 Å². The molecule has 15 heavy (non-hydrogen) atoms. The number of hydrogen-bond acceptors (Lipinski definition) is 1. The molecule has 0 aromatic heterocycles. The van der Waals surface area contributed by atoms with E-state index >= 15 is 0 Å². The molecule has 0 heterocycles. The first-order chi connectivity index (χ1) is 7.09. The van der Waals surface area contributed by atoms with E-state index in [9.17, 15) is 4.79 Å². The van der Waals surface area contributed by atoms with E-state index < -0.39 is 0 Å². The summed E-state index contributed by atoms with van der Waals surface area (Å²) in [5.41, 5.74) is 3.06. The molecule has 78 valence electrons. The summed E-state index contributed by atoms with van der Waals surface area (Å²) in [6, 6.07) is 8.65. The van der Waals surface area contributed by atoms with Crippen molar-refractivity contribution in [1.82, 2.24) is 0 Å². The first-order valence-electron chi connectivity index (χ1n) is 5.72. The Bertz CT molecular complexity index is 431. The van der Waals surface area contributed by atoms with Crippen LogP contribution in [0.1, 0.15) is 43.7 Å². The number of ketones is 1. The molecule has 1 fully saturated rings. The van der Waals surface area contributed by atoms with Gasteiger partial charge in [0.05, 0.1) is 0 Å². The summed E-state index contributed by atoms with van der Waals surface area (Å²) in [7, 11) is 0. The quantitative estimate of drug-likeness (QED) is 0.629. The third kappa shape index (κ3) is 1.12. The molecule has 0 amide bonds. The highest BCUT2D eigenvalue weighted by atomic mass is 16.1. The topological polar surface area (TPSA) is 17.1 Å². The van der Waals surface area contributed by atoms with Gasteiger partial charge in [-0.2, -0.15) is 0 Å². The van der Waals surface area contributed by atoms with Crippen molar-refractivity contribution in [2.45, 2.75) is 38.0 Å². The maximum atomic E-state index is 11.6. The molecule has 1 nitrogen and oxygen atoms in total. The summed E-state index contributed by atoms with van der Waals surface area (Å²) in [6.07, 6.45) is 1.81. The van der Waals surface area contributed by atoms with Crippen LogP contribution in [0.5, 0.6) is 0 Å². The molecule has 1 heteroatoms. The molecule has 0 saturated heterocycles. The number of carbonyl (C=O) groups excluding carboxylic acids is 1. The Kier molecular flexibility index (Phi) is 1.66. The van der Waals surface area contributed by atoms with Crippen LogP contribution in [0.4, 0.5) is 0 Å². The number of benzene rings is 1. The van der Waals surface area contributed by atoms with Gasteiger partial charge in [0.25, 0.3) is 0 Å². The van der Waals surface area contributed by atoms with Crippen molar-refractivity contribution >= 4 is 5.78 Å². The summed E-state index contributed by atoms with van der Waals surface area (Å²) >= 11 is 0. The molecular formula is C14H16O. The Morgan fingerprint density at radius 3 is 2.67 bits per heavy atom. The van der Waals surface area contributed by atoms with Gasteiger partial charge in [-0.15, -0.1) is 0 Å². The second-order valence-corrected chi connectivity index (χ2v) is 5.56. The predicted molar refractivity (Wildman–Crippen MR) is 59.9 cm³/mol. The number of Topliss-reactive ketones (excluding diaryl/α,β-unsaturated/α-hetero) is 1. The third-order valence-corrected chi connectivity index (χ3v) is 4.14. The first-order valence-corrected chi connectivity index (χ1v) is 5.72. The molecule has 2 aliphatic carbocycles. The summed E-state index contributed by atoms with van der Waals surface area (Å²) in [5.74, 6) is 1.32. The van der Waals surface area contributed by atoms with E-state index in [4.69, 9.17) is 0 Å². The van der Waals surface area contributed by atoms with E-state index in [-0.39, 0.29) is 5.41 Å². The normalized spacial score (nSPS) is 31.5. The van der Waals surface area contributed by atoms with Crippen LogP contribution in [0.3, 0.4) is 0 Å². The van der Waals surface area contributed by atoms with E-state index in [0.717, 1.165) is 12.8 Å². The second-order valence-electron chi connectivity index (χ2n) is 5.56. The fraction of sp³-hybridized carbons (Fsp3) is 0.500. The van der Waals surface area contributed by atoms with Gasteiger partial charge >= 0.3 is 0 Å². The molecule has 1 aromatic carbocycles. The van der Waals surface area contributed by atoms with Gasteiger partial charge in [-0.05, 0) is 23.0 Å². The summed E-state index contributed by atoms with van der Waals surface area (Å²) in [4.78, 5) is 11.6. The van der Waals surface area contributed by atoms with Crippen LogP contribution in [-0.4, -0.2) is 5.78 Å². The smallest absolute Gasteiger partial charge is 0.137 e. The zero-order valence-corrected chi connectivity index (χ0v) is 9.29. The van der Waals surface area contributed by atoms with Crippen LogP contribution in [0.15, 0.2) is 24.3 Å². The van der Waals surface area contributed by atoms with E-state index in [2.05, 4.69) is 38.1 Å². The lowest BCUT2D eigenvalue weighted by atomic mass is 9.55. The van der Waals surface area contributed by atoms with E-state index in [1.54, 1.807) is 0 Å². The molecule has 0 N–H and O–H groups in total. The average Bonchev–Trinajstić information content (AvgIpc) is 2.22. The first kappa shape index (κ1) is 9.14. The Morgan fingerprint density at radius 1 is 1.20 bits per heavy atom. The molecule has 2 atom stereocenters. The number of carbonyl (C=O) groups is 1. The molecule has 2 unspecified atom stereocenters. The minimum Gasteiger partial charge on any atom is -0.299 e. The molecule has 0 bridgehead atoms. The maximum Gasteiger partial charge on any atom is 0.137 e. The summed E-state index contributed by atoms with van der Waals surface area (Å²) in [6.45, 7) is 4.52. The fourth-order valence-electron chi connectivity index (χ4n) is 3.25. The zero-order chi connectivity index (χ0) is 10.6. The summed E-state index contributed by atoms with van der Waals surface area (Å²) < 4.78 is 0. The van der Waals surface area contributed by atoms with Crippen molar-refractivity contribution in [3.8, 4) is 0 Å². The molecule has 3 rings (SSSR count). The lowest BCUT2D eigenvalue weighted by Crippen LogP contribution is -2.44. The van der Waals surface area contributed by atoms with Gasteiger partial charge in [0.15, 0.2) is 0 Å². The highest BCUT2D eigenvalue weighted by Gasteiger charge is 2.48. The zero-order valence-electron chi connectivity index (χ0n) is 9.29. The second kappa shape index (κ2) is 2.72. The SMILES string of the molecule is CC1(C)CC2C(=O)CC2c2ccccc21. The van der Waals surface area contributed by atoms with Crippen molar-refractivity contribution in [1.29, 1.82) is 0 Å². The van der Waals surface area contributed by atoms with Crippen molar-refractivity contribution in [3.05, 3.63) is 35.4 Å². The van der Waals surface area contributed by atoms with Gasteiger partial charge in [0.2, 0.25) is 0 Å². The number of fused-ring (bicyclic) bond motifs is 3. The van der Waals surface area contributed by atoms with Gasteiger partial charge in [-0.1, -0.05) is 38.1 Å². The predicted octanol–water partition coefficient (Wildman–Crippen LogP) is 3.04. The van der Waals surface area contributed by atoms with E-state index in [1.165, 1.54) is 11.1 Å². The summed E-state index contributed by atoms with van der Waals surface area (Å²) in [5, 5.41) is 0. The highest BCUT2D eigenvalue weighted by Crippen LogP contribution is 2.53.